The van der Waals surface area contributed by atoms with Gasteiger partial charge in [0.05, 0.1) is 43.0 Å². The van der Waals surface area contributed by atoms with Crippen molar-refractivity contribution >= 4 is 29.1 Å². The Hall–Kier alpha value is -2.96. The zero-order valence-corrected chi connectivity index (χ0v) is 22.0. The highest BCUT2D eigenvalue weighted by atomic mass is 35.5. The number of carbonyl (C=O) groups is 2. The third-order valence-electron chi connectivity index (χ3n) is 6.02. The molecule has 1 aliphatic heterocycles. The number of anilines is 1. The molecule has 38 heavy (non-hydrogen) atoms. The highest BCUT2D eigenvalue weighted by Gasteiger charge is 2.38. The molecule has 0 aliphatic carbocycles. The molecule has 2 heterocycles. The zero-order chi connectivity index (χ0) is 28.3. The van der Waals surface area contributed by atoms with Gasteiger partial charge in [0.2, 0.25) is 11.8 Å². The minimum Gasteiger partial charge on any atom is -0.396 e. The summed E-state index contributed by atoms with van der Waals surface area (Å²) in [6.07, 6.45) is -6.43. The highest BCUT2D eigenvalue weighted by molar-refractivity contribution is 6.31. The Bertz CT molecular complexity index is 1250. The van der Waals surface area contributed by atoms with E-state index in [2.05, 4.69) is 15.6 Å². The first kappa shape index (κ1) is 29.6. The molecule has 9 nitrogen and oxygen atoms in total. The molecule has 3 rings (SSSR count). The number of ether oxygens (including phenoxy) is 1. The van der Waals surface area contributed by atoms with E-state index < -0.39 is 47.9 Å². The number of rotatable bonds is 9. The Morgan fingerprint density at radius 1 is 1.21 bits per heavy atom. The van der Waals surface area contributed by atoms with Crippen molar-refractivity contribution in [2.24, 2.45) is 10.8 Å². The van der Waals surface area contributed by atoms with Crippen LogP contribution >= 0.6 is 11.6 Å². The van der Waals surface area contributed by atoms with Crippen LogP contribution in [0.3, 0.4) is 0 Å². The highest BCUT2D eigenvalue weighted by Crippen LogP contribution is 2.31. The third-order valence-corrected chi connectivity index (χ3v) is 6.26. The van der Waals surface area contributed by atoms with Crippen molar-refractivity contribution in [3.05, 3.63) is 45.5 Å². The summed E-state index contributed by atoms with van der Waals surface area (Å²) >= 11 is 6.10. The lowest BCUT2D eigenvalue weighted by Gasteiger charge is -2.39. The van der Waals surface area contributed by atoms with Crippen molar-refractivity contribution in [2.45, 2.75) is 46.3 Å². The predicted octanol–water partition coefficient (Wildman–Crippen LogP) is 3.17. The summed E-state index contributed by atoms with van der Waals surface area (Å²) in [6, 6.07) is 5.55. The normalized spacial score (nSPS) is 15.1. The van der Waals surface area contributed by atoms with Gasteiger partial charge in [-0.1, -0.05) is 32.4 Å². The first-order chi connectivity index (χ1) is 17.6. The lowest BCUT2D eigenvalue weighted by Crippen LogP contribution is -2.53. The fourth-order valence-corrected chi connectivity index (χ4v) is 3.76. The van der Waals surface area contributed by atoms with Crippen LogP contribution in [0.4, 0.5) is 18.9 Å². The van der Waals surface area contributed by atoms with Crippen LogP contribution in [0.5, 0.6) is 0 Å². The molecule has 1 aromatic heterocycles. The molecule has 0 saturated carbocycles. The first-order valence-corrected chi connectivity index (χ1v) is 12.2. The SMILES string of the molecule is CC(C)(C)C(=O)Nc1cc(Cl)ccc1-c1cc(=O)n(CC(=O)NCC2(CO)COC2)c(CCC(F)(F)F)n1. The van der Waals surface area contributed by atoms with Crippen molar-refractivity contribution in [2.75, 3.05) is 31.7 Å². The molecule has 0 bridgehead atoms. The number of amides is 2. The van der Waals surface area contributed by atoms with E-state index in [0.717, 1.165) is 10.6 Å². The second-order valence-corrected chi connectivity index (χ2v) is 10.9. The third kappa shape index (κ3) is 7.55. The van der Waals surface area contributed by atoms with Crippen LogP contribution in [0.15, 0.2) is 29.1 Å². The molecule has 3 N–H and O–H groups in total. The zero-order valence-electron chi connectivity index (χ0n) is 21.2. The van der Waals surface area contributed by atoms with Crippen LogP contribution in [0.2, 0.25) is 5.02 Å². The lowest BCUT2D eigenvalue weighted by molar-refractivity contribution is -0.141. The monoisotopic (exact) mass is 558 g/mol. The Labute approximate surface area is 222 Å². The molecular weight excluding hydrogens is 529 g/mol. The number of nitrogens with one attached hydrogen (secondary N) is 2. The van der Waals surface area contributed by atoms with Crippen LogP contribution in [0.1, 0.15) is 33.0 Å². The summed E-state index contributed by atoms with van der Waals surface area (Å²) in [5.74, 6) is -1.22. The first-order valence-electron chi connectivity index (χ1n) is 11.9. The van der Waals surface area contributed by atoms with E-state index in [0.29, 0.717) is 0 Å². The van der Waals surface area contributed by atoms with Crippen LogP contribution in [0, 0.1) is 10.8 Å². The van der Waals surface area contributed by atoms with Gasteiger partial charge in [-0.25, -0.2) is 4.98 Å². The number of halogens is 4. The molecule has 2 amide bonds. The average Bonchev–Trinajstić information content (AvgIpc) is 2.78. The molecule has 0 radical (unpaired) electrons. The van der Waals surface area contributed by atoms with Gasteiger partial charge >= 0.3 is 6.18 Å². The molecule has 2 aromatic rings. The second kappa shape index (κ2) is 11.4. The second-order valence-electron chi connectivity index (χ2n) is 10.4. The molecule has 13 heteroatoms. The summed E-state index contributed by atoms with van der Waals surface area (Å²) < 4.78 is 45.2. The number of aromatic nitrogens is 2. The average molecular weight is 559 g/mol. The van der Waals surface area contributed by atoms with E-state index in [1.54, 1.807) is 20.8 Å². The van der Waals surface area contributed by atoms with Gasteiger partial charge in [0.1, 0.15) is 12.4 Å². The Morgan fingerprint density at radius 3 is 2.45 bits per heavy atom. The fourth-order valence-electron chi connectivity index (χ4n) is 3.58. The van der Waals surface area contributed by atoms with Crippen molar-refractivity contribution in [1.82, 2.24) is 14.9 Å². The van der Waals surface area contributed by atoms with Gasteiger partial charge in [-0.15, -0.1) is 0 Å². The molecular formula is C25H30ClF3N4O5. The summed E-state index contributed by atoms with van der Waals surface area (Å²) in [7, 11) is 0. The van der Waals surface area contributed by atoms with E-state index in [1.807, 2.05) is 0 Å². The Balaban J connectivity index is 1.96. The molecule has 208 valence electrons. The molecule has 0 spiro atoms. The van der Waals surface area contributed by atoms with Gasteiger partial charge in [-0.05, 0) is 18.2 Å². The summed E-state index contributed by atoms with van der Waals surface area (Å²) in [6.45, 7) is 4.93. The maximum Gasteiger partial charge on any atom is 0.389 e. The van der Waals surface area contributed by atoms with E-state index in [9.17, 15) is 32.7 Å². The molecule has 0 atom stereocenters. The van der Waals surface area contributed by atoms with Crippen LogP contribution in [-0.2, 0) is 27.3 Å². The number of nitrogens with zero attached hydrogens (tertiary/aromatic N) is 2. The number of hydrogen-bond acceptors (Lipinski definition) is 6. The number of alkyl halides is 3. The van der Waals surface area contributed by atoms with Gasteiger partial charge in [0, 0.05) is 35.0 Å². The van der Waals surface area contributed by atoms with Crippen LogP contribution in [0.25, 0.3) is 11.3 Å². The summed E-state index contributed by atoms with van der Waals surface area (Å²) in [5, 5.41) is 15.1. The summed E-state index contributed by atoms with van der Waals surface area (Å²) in [5.41, 5.74) is -1.58. The van der Waals surface area contributed by atoms with Gasteiger partial charge in [0.15, 0.2) is 0 Å². The minimum absolute atomic E-state index is 0.0237. The van der Waals surface area contributed by atoms with Gasteiger partial charge in [-0.3, -0.25) is 19.0 Å². The fraction of sp³-hybridized carbons (Fsp3) is 0.520. The van der Waals surface area contributed by atoms with Crippen molar-refractivity contribution in [1.29, 1.82) is 0 Å². The van der Waals surface area contributed by atoms with Gasteiger partial charge in [-0.2, -0.15) is 13.2 Å². The Kier molecular flexibility index (Phi) is 8.89. The number of aliphatic hydroxyl groups is 1. The predicted molar refractivity (Wildman–Crippen MR) is 135 cm³/mol. The van der Waals surface area contributed by atoms with Crippen molar-refractivity contribution in [3.8, 4) is 11.3 Å². The number of hydrogen-bond donors (Lipinski definition) is 3. The van der Waals surface area contributed by atoms with E-state index in [4.69, 9.17) is 16.3 Å². The topological polar surface area (TPSA) is 123 Å². The molecule has 1 fully saturated rings. The standard InChI is InChI=1S/C25H30ClF3N4O5/c1-23(2,3)22(37)32-17-8-15(26)4-5-16(17)18-9-21(36)33(19(31-18)6-7-25(27,28)29)10-20(35)30-11-24(12-34)13-38-14-24/h4-5,8-9,34H,6-7,10-14H2,1-3H3,(H,30,35)(H,32,37). The largest absolute Gasteiger partial charge is 0.396 e. The minimum atomic E-state index is -4.52. The van der Waals surface area contributed by atoms with E-state index in [-0.39, 0.29) is 60.1 Å². The maximum absolute atomic E-state index is 13.1. The van der Waals surface area contributed by atoms with Crippen LogP contribution < -0.4 is 16.2 Å². The summed E-state index contributed by atoms with van der Waals surface area (Å²) in [4.78, 5) is 42.5. The lowest BCUT2D eigenvalue weighted by atomic mass is 9.87. The number of carbonyl (C=O) groups excluding carboxylic acids is 2. The Morgan fingerprint density at radius 2 is 1.89 bits per heavy atom. The molecule has 0 unspecified atom stereocenters. The maximum atomic E-state index is 13.1. The van der Waals surface area contributed by atoms with Crippen molar-refractivity contribution < 1.29 is 32.6 Å². The van der Waals surface area contributed by atoms with E-state index in [1.165, 1.54) is 18.2 Å². The van der Waals surface area contributed by atoms with Gasteiger partial charge in [0.25, 0.3) is 5.56 Å². The smallest absolute Gasteiger partial charge is 0.389 e. The number of benzene rings is 1. The van der Waals surface area contributed by atoms with Gasteiger partial charge < -0.3 is 20.5 Å². The van der Waals surface area contributed by atoms with Crippen LogP contribution in [-0.4, -0.2) is 59.0 Å². The molecule has 1 aliphatic rings. The molecule has 1 aromatic carbocycles. The molecule has 1 saturated heterocycles. The van der Waals surface area contributed by atoms with E-state index >= 15 is 0 Å². The number of aryl methyl sites for hydroxylation is 1. The number of aliphatic hydroxyl groups excluding tert-OH is 1. The van der Waals surface area contributed by atoms with Crippen molar-refractivity contribution in [3.63, 3.8) is 0 Å². The quantitative estimate of drug-likeness (QED) is 0.434.